The molecule has 18 heavy (non-hydrogen) atoms. The maximum absolute atomic E-state index is 11.6. The van der Waals surface area contributed by atoms with E-state index in [2.05, 4.69) is 34.5 Å². The highest BCUT2D eigenvalue weighted by atomic mass is 32.1. The summed E-state index contributed by atoms with van der Waals surface area (Å²) in [5, 5.41) is 3.79. The number of carbonyl (C=O) groups is 1. The number of hydrogen-bond donors (Lipinski definition) is 1. The fourth-order valence-electron chi connectivity index (χ4n) is 2.29. The van der Waals surface area contributed by atoms with Gasteiger partial charge in [0.1, 0.15) is 0 Å². The lowest BCUT2D eigenvalue weighted by atomic mass is 10.2. The molecule has 3 rings (SSSR count). The Morgan fingerprint density at radius 3 is 2.94 bits per heavy atom. The Hall–Kier alpha value is -1.81. The second-order valence-corrected chi connectivity index (χ2v) is 5.31. The van der Waals surface area contributed by atoms with Gasteiger partial charge in [-0.3, -0.25) is 4.79 Å². The lowest BCUT2D eigenvalue weighted by Crippen LogP contribution is -2.16. The Labute approximate surface area is 110 Å². The third kappa shape index (κ3) is 1.78. The molecule has 0 aliphatic carbocycles. The topological polar surface area (TPSA) is 32.3 Å². The lowest BCUT2D eigenvalue weighted by Gasteiger charge is -2.16. The highest BCUT2D eigenvalue weighted by Gasteiger charge is 2.21. The van der Waals surface area contributed by atoms with Gasteiger partial charge in [-0.1, -0.05) is 18.2 Å². The molecule has 1 N–H and O–H groups in total. The van der Waals surface area contributed by atoms with Gasteiger partial charge in [-0.05, 0) is 30.2 Å². The van der Waals surface area contributed by atoms with Gasteiger partial charge < -0.3 is 10.2 Å². The van der Waals surface area contributed by atoms with Crippen LogP contribution in [0.4, 0.5) is 10.7 Å². The molecule has 2 aromatic rings. The Morgan fingerprint density at radius 1 is 1.28 bits per heavy atom. The number of carbonyl (C=O) groups excluding carboxylic acids is 1. The van der Waals surface area contributed by atoms with Crippen molar-refractivity contribution in [2.45, 2.75) is 6.42 Å². The van der Waals surface area contributed by atoms with Crippen LogP contribution in [0.5, 0.6) is 0 Å². The minimum atomic E-state index is -0.0151. The number of amides is 1. The first-order valence-corrected chi connectivity index (χ1v) is 6.78. The van der Waals surface area contributed by atoms with Crippen LogP contribution in [0.15, 0.2) is 36.4 Å². The zero-order chi connectivity index (χ0) is 12.5. The van der Waals surface area contributed by atoms with Gasteiger partial charge >= 0.3 is 0 Å². The maximum atomic E-state index is 11.6. The minimum Gasteiger partial charge on any atom is -0.354 e. The number of nitrogens with one attached hydrogen (secondary N) is 1. The molecule has 1 amide bonds. The molecular weight excluding hydrogens is 244 g/mol. The zero-order valence-electron chi connectivity index (χ0n) is 10.1. The molecule has 0 atom stereocenters. The van der Waals surface area contributed by atoms with Crippen molar-refractivity contribution >= 4 is 27.9 Å². The fourth-order valence-corrected chi connectivity index (χ4v) is 3.28. The number of nitrogens with zero attached hydrogens (tertiary/aromatic N) is 1. The summed E-state index contributed by atoms with van der Waals surface area (Å²) in [6.45, 7) is 0.993. The Balaban J connectivity index is 1.93. The van der Waals surface area contributed by atoms with Gasteiger partial charge in [0.2, 0.25) is 0 Å². The first kappa shape index (κ1) is 11.3. The van der Waals surface area contributed by atoms with Crippen molar-refractivity contribution in [2.75, 3.05) is 18.5 Å². The molecule has 1 aromatic carbocycles. The van der Waals surface area contributed by atoms with Gasteiger partial charge in [-0.15, -0.1) is 11.3 Å². The predicted molar refractivity (Wildman–Crippen MR) is 74.9 cm³/mol. The van der Waals surface area contributed by atoms with Crippen LogP contribution in [-0.2, 0) is 6.42 Å². The third-order valence-corrected chi connectivity index (χ3v) is 4.30. The van der Waals surface area contributed by atoms with E-state index >= 15 is 0 Å². The van der Waals surface area contributed by atoms with E-state index < -0.39 is 0 Å². The highest BCUT2D eigenvalue weighted by molar-refractivity contribution is 7.18. The van der Waals surface area contributed by atoms with Crippen molar-refractivity contribution in [1.29, 1.82) is 0 Å². The number of anilines is 2. The molecular formula is C14H14N2OS. The molecule has 3 nitrogen and oxygen atoms in total. The molecule has 0 spiro atoms. The number of thiophene rings is 1. The van der Waals surface area contributed by atoms with Gasteiger partial charge in [0.15, 0.2) is 0 Å². The quantitative estimate of drug-likeness (QED) is 0.898. The van der Waals surface area contributed by atoms with Crippen LogP contribution in [-0.4, -0.2) is 19.5 Å². The number of benzene rings is 1. The van der Waals surface area contributed by atoms with Crippen molar-refractivity contribution in [3.05, 3.63) is 46.8 Å². The van der Waals surface area contributed by atoms with Crippen molar-refractivity contribution < 1.29 is 4.79 Å². The van der Waals surface area contributed by atoms with Crippen molar-refractivity contribution in [3.8, 4) is 0 Å². The SMILES string of the molecule is CNC(=O)c1ccc(N2CCc3ccccc32)s1. The minimum absolute atomic E-state index is 0.0151. The monoisotopic (exact) mass is 258 g/mol. The van der Waals surface area contributed by atoms with Gasteiger partial charge in [0.05, 0.1) is 9.88 Å². The van der Waals surface area contributed by atoms with E-state index in [1.165, 1.54) is 11.3 Å². The van der Waals surface area contributed by atoms with Gasteiger partial charge in [-0.2, -0.15) is 0 Å². The average Bonchev–Trinajstić information content (AvgIpc) is 3.03. The van der Waals surface area contributed by atoms with Crippen LogP contribution < -0.4 is 10.2 Å². The molecule has 0 saturated heterocycles. The summed E-state index contributed by atoms with van der Waals surface area (Å²) < 4.78 is 0. The van der Waals surface area contributed by atoms with E-state index in [1.54, 1.807) is 18.4 Å². The summed E-state index contributed by atoms with van der Waals surface area (Å²) >= 11 is 1.54. The van der Waals surface area contributed by atoms with Crippen molar-refractivity contribution in [1.82, 2.24) is 5.32 Å². The fraction of sp³-hybridized carbons (Fsp3) is 0.214. The number of para-hydroxylation sites is 1. The Bertz CT molecular complexity index is 591. The first-order chi connectivity index (χ1) is 8.79. The normalized spacial score (nSPS) is 13.5. The standard InChI is InChI=1S/C14H14N2OS/c1-15-14(17)12-6-7-13(18-12)16-9-8-10-4-2-3-5-11(10)16/h2-7H,8-9H2,1H3,(H,15,17). The molecule has 92 valence electrons. The van der Waals surface area contributed by atoms with E-state index in [9.17, 15) is 4.79 Å². The number of rotatable bonds is 2. The highest BCUT2D eigenvalue weighted by Crippen LogP contribution is 2.37. The maximum Gasteiger partial charge on any atom is 0.261 e. The van der Waals surface area contributed by atoms with Crippen LogP contribution >= 0.6 is 11.3 Å². The van der Waals surface area contributed by atoms with Crippen LogP contribution in [0.1, 0.15) is 15.2 Å². The third-order valence-electron chi connectivity index (χ3n) is 3.20. The van der Waals surface area contributed by atoms with E-state index in [1.807, 2.05) is 12.1 Å². The predicted octanol–water partition coefficient (Wildman–Crippen LogP) is 2.80. The molecule has 0 saturated carbocycles. The van der Waals surface area contributed by atoms with Gasteiger partial charge in [-0.25, -0.2) is 0 Å². The molecule has 4 heteroatoms. The van der Waals surface area contributed by atoms with Crippen LogP contribution in [0.25, 0.3) is 0 Å². The van der Waals surface area contributed by atoms with Crippen molar-refractivity contribution in [3.63, 3.8) is 0 Å². The molecule has 2 heterocycles. The smallest absolute Gasteiger partial charge is 0.261 e. The van der Waals surface area contributed by atoms with E-state index in [0.29, 0.717) is 0 Å². The van der Waals surface area contributed by atoms with Gasteiger partial charge in [0.25, 0.3) is 5.91 Å². The summed E-state index contributed by atoms with van der Waals surface area (Å²) in [5.41, 5.74) is 2.65. The summed E-state index contributed by atoms with van der Waals surface area (Å²) in [6, 6.07) is 12.4. The largest absolute Gasteiger partial charge is 0.354 e. The molecule has 0 fully saturated rings. The van der Waals surface area contributed by atoms with E-state index in [-0.39, 0.29) is 5.91 Å². The average molecular weight is 258 g/mol. The van der Waals surface area contributed by atoms with E-state index in [0.717, 1.165) is 22.8 Å². The van der Waals surface area contributed by atoms with Crippen LogP contribution in [0, 0.1) is 0 Å². The van der Waals surface area contributed by atoms with E-state index in [4.69, 9.17) is 0 Å². The summed E-state index contributed by atoms with van der Waals surface area (Å²) in [4.78, 5) is 14.6. The Kier molecular flexibility index (Phi) is 2.80. The number of hydrogen-bond acceptors (Lipinski definition) is 3. The second kappa shape index (κ2) is 4.46. The van der Waals surface area contributed by atoms with Crippen LogP contribution in [0.2, 0.25) is 0 Å². The molecule has 1 aromatic heterocycles. The van der Waals surface area contributed by atoms with Crippen LogP contribution in [0.3, 0.4) is 0 Å². The van der Waals surface area contributed by atoms with Gasteiger partial charge in [0, 0.05) is 19.3 Å². The lowest BCUT2D eigenvalue weighted by molar-refractivity contribution is 0.0967. The molecule has 0 unspecified atom stereocenters. The molecule has 0 radical (unpaired) electrons. The molecule has 1 aliphatic rings. The summed E-state index contributed by atoms with van der Waals surface area (Å²) in [6.07, 6.45) is 1.07. The number of fused-ring (bicyclic) bond motifs is 1. The summed E-state index contributed by atoms with van der Waals surface area (Å²) in [7, 11) is 1.66. The molecule has 1 aliphatic heterocycles. The first-order valence-electron chi connectivity index (χ1n) is 5.97. The Morgan fingerprint density at radius 2 is 2.11 bits per heavy atom. The summed E-state index contributed by atoms with van der Waals surface area (Å²) in [5.74, 6) is -0.0151. The van der Waals surface area contributed by atoms with Crippen molar-refractivity contribution in [2.24, 2.45) is 0 Å². The second-order valence-electron chi connectivity index (χ2n) is 4.25. The zero-order valence-corrected chi connectivity index (χ0v) is 11.0. The molecule has 0 bridgehead atoms.